The normalized spacial score (nSPS) is 12.3. The third-order valence-corrected chi connectivity index (χ3v) is 3.08. The molecule has 0 atom stereocenters. The molecule has 0 aliphatic carbocycles. The first-order valence-corrected chi connectivity index (χ1v) is 6.29. The summed E-state index contributed by atoms with van der Waals surface area (Å²) in [6, 6.07) is 3.10. The van der Waals surface area contributed by atoms with Crippen LogP contribution in [0.3, 0.4) is 0 Å². The largest absolute Gasteiger partial charge is 0.493 e. The number of anilines is 1. The first-order valence-electron chi connectivity index (χ1n) is 4.40. The van der Waals surface area contributed by atoms with Gasteiger partial charge < -0.3 is 0 Å². The zero-order valence-corrected chi connectivity index (χ0v) is 9.72. The number of benzene rings is 1. The molecule has 0 unspecified atom stereocenters. The molecule has 0 radical (unpaired) electrons. The molecule has 1 aromatic carbocycles. The summed E-state index contributed by atoms with van der Waals surface area (Å²) in [4.78, 5) is 9.03. The zero-order chi connectivity index (χ0) is 14.1. The fraction of sp³-hybridized carbons (Fsp3) is 0.222. The second-order valence-electron chi connectivity index (χ2n) is 3.32. The molecule has 0 fully saturated rings. The standard InChI is InChI=1S/C9H7F4NO3S/c1-18(16,17)7-4-2-6(3-5-7)14(8(10)15)9(11,12)13/h2-5H,1H3. The molecule has 0 saturated carbocycles. The predicted molar refractivity (Wildman–Crippen MR) is 54.6 cm³/mol. The van der Waals surface area contributed by atoms with Crippen LogP contribution in [0.15, 0.2) is 29.2 Å². The van der Waals surface area contributed by atoms with Crippen LogP contribution >= 0.6 is 0 Å². The Balaban J connectivity index is 3.22. The fourth-order valence-corrected chi connectivity index (χ4v) is 1.82. The third-order valence-electron chi connectivity index (χ3n) is 1.95. The molecule has 0 bridgehead atoms. The summed E-state index contributed by atoms with van der Waals surface area (Å²) in [5, 5.41) is 0. The molecule has 0 aliphatic heterocycles. The maximum absolute atomic E-state index is 12.3. The Kier molecular flexibility index (Phi) is 3.65. The molecule has 0 N–H and O–H groups in total. The highest BCUT2D eigenvalue weighted by atomic mass is 32.2. The van der Waals surface area contributed by atoms with Gasteiger partial charge in [0.05, 0.1) is 10.6 Å². The first kappa shape index (κ1) is 14.4. The van der Waals surface area contributed by atoms with Crippen LogP contribution in [0, 0.1) is 0 Å². The Morgan fingerprint density at radius 1 is 1.17 bits per heavy atom. The van der Waals surface area contributed by atoms with Gasteiger partial charge in [0.1, 0.15) is 0 Å². The van der Waals surface area contributed by atoms with Crippen LogP contribution in [0.2, 0.25) is 0 Å². The molecule has 1 amide bonds. The van der Waals surface area contributed by atoms with Crippen LogP contribution in [0.25, 0.3) is 0 Å². The summed E-state index contributed by atoms with van der Waals surface area (Å²) in [6.45, 7) is 0. The van der Waals surface area contributed by atoms with Gasteiger partial charge in [-0.05, 0) is 24.3 Å². The maximum Gasteiger partial charge on any atom is 0.493 e. The van der Waals surface area contributed by atoms with Crippen molar-refractivity contribution in [1.82, 2.24) is 0 Å². The van der Waals surface area contributed by atoms with Gasteiger partial charge in [-0.2, -0.15) is 4.90 Å². The number of amides is 1. The molecule has 0 aliphatic rings. The molecule has 4 nitrogen and oxygen atoms in total. The molecule has 1 aromatic rings. The minimum Gasteiger partial charge on any atom is -0.233 e. The lowest BCUT2D eigenvalue weighted by Gasteiger charge is -2.21. The Hall–Kier alpha value is -1.64. The van der Waals surface area contributed by atoms with Crippen LogP contribution in [0.4, 0.5) is 28.0 Å². The SMILES string of the molecule is CS(=O)(=O)c1ccc(N(C(=O)F)C(F)(F)F)cc1. The molecular weight excluding hydrogens is 278 g/mol. The molecule has 9 heteroatoms. The molecule has 0 aromatic heterocycles. The third kappa shape index (κ3) is 3.19. The number of nitrogens with zero attached hydrogens (tertiary/aromatic N) is 1. The number of rotatable bonds is 2. The van der Waals surface area contributed by atoms with Crippen LogP contribution in [0.5, 0.6) is 0 Å². The van der Waals surface area contributed by atoms with E-state index in [-0.39, 0.29) is 4.90 Å². The molecular formula is C9H7F4NO3S. The molecule has 100 valence electrons. The van der Waals surface area contributed by atoms with E-state index in [0.29, 0.717) is 12.1 Å². The summed E-state index contributed by atoms with van der Waals surface area (Å²) in [6.07, 6.45) is -7.06. The highest BCUT2D eigenvalue weighted by Crippen LogP contribution is 2.30. The van der Waals surface area contributed by atoms with Crippen LogP contribution in [0.1, 0.15) is 0 Å². The van der Waals surface area contributed by atoms with Crippen molar-refractivity contribution < 1.29 is 30.8 Å². The fourth-order valence-electron chi connectivity index (χ4n) is 1.19. The van der Waals surface area contributed by atoms with Crippen molar-refractivity contribution in [3.8, 4) is 0 Å². The van der Waals surface area contributed by atoms with E-state index in [1.807, 2.05) is 0 Å². The second-order valence-corrected chi connectivity index (χ2v) is 5.34. The van der Waals surface area contributed by atoms with E-state index in [9.17, 15) is 30.8 Å². The predicted octanol–water partition coefficient (Wildman–Crippen LogP) is 2.51. The molecule has 1 rings (SSSR count). The van der Waals surface area contributed by atoms with Crippen molar-refractivity contribution >= 4 is 21.7 Å². The van der Waals surface area contributed by atoms with Crippen molar-refractivity contribution in [2.24, 2.45) is 0 Å². The summed E-state index contributed by atoms with van der Waals surface area (Å²) < 4.78 is 71.5. The number of hydrogen-bond donors (Lipinski definition) is 0. The van der Waals surface area contributed by atoms with E-state index < -0.39 is 32.9 Å². The average molecular weight is 285 g/mol. The van der Waals surface area contributed by atoms with E-state index in [1.165, 1.54) is 0 Å². The number of hydrogen-bond acceptors (Lipinski definition) is 3. The minimum atomic E-state index is -5.22. The lowest BCUT2D eigenvalue weighted by Crippen LogP contribution is -2.40. The number of alkyl halides is 3. The van der Waals surface area contributed by atoms with Gasteiger partial charge in [-0.3, -0.25) is 0 Å². The van der Waals surface area contributed by atoms with Gasteiger partial charge in [0.2, 0.25) is 0 Å². The summed E-state index contributed by atoms with van der Waals surface area (Å²) >= 11 is 0. The van der Waals surface area contributed by atoms with Gasteiger partial charge in [0, 0.05) is 6.26 Å². The lowest BCUT2D eigenvalue weighted by atomic mass is 10.3. The van der Waals surface area contributed by atoms with Gasteiger partial charge in [0.15, 0.2) is 9.84 Å². The van der Waals surface area contributed by atoms with E-state index in [1.54, 1.807) is 0 Å². The van der Waals surface area contributed by atoms with Crippen LogP contribution < -0.4 is 4.90 Å². The van der Waals surface area contributed by atoms with Gasteiger partial charge in [0.25, 0.3) is 0 Å². The van der Waals surface area contributed by atoms with Crippen LogP contribution in [-0.4, -0.2) is 27.1 Å². The maximum atomic E-state index is 12.3. The lowest BCUT2D eigenvalue weighted by molar-refractivity contribution is -0.122. The van der Waals surface area contributed by atoms with Gasteiger partial charge in [-0.25, -0.2) is 13.2 Å². The molecule has 0 spiro atoms. The van der Waals surface area contributed by atoms with E-state index >= 15 is 0 Å². The van der Waals surface area contributed by atoms with Crippen molar-refractivity contribution in [3.63, 3.8) is 0 Å². The zero-order valence-electron chi connectivity index (χ0n) is 8.90. The summed E-state index contributed by atoms with van der Waals surface area (Å²) in [5.41, 5.74) is -0.803. The van der Waals surface area contributed by atoms with Crippen LogP contribution in [-0.2, 0) is 9.84 Å². The summed E-state index contributed by atoms with van der Waals surface area (Å²) in [5.74, 6) is 0. The Labute approximate surface area is 99.7 Å². The highest BCUT2D eigenvalue weighted by molar-refractivity contribution is 7.90. The van der Waals surface area contributed by atoms with E-state index in [0.717, 1.165) is 18.4 Å². The first-order chi connectivity index (χ1) is 8.03. The van der Waals surface area contributed by atoms with Gasteiger partial charge in [-0.1, -0.05) is 0 Å². The number of halogens is 4. The summed E-state index contributed by atoms with van der Waals surface area (Å²) in [7, 11) is -3.58. The monoisotopic (exact) mass is 285 g/mol. The van der Waals surface area contributed by atoms with Gasteiger partial charge >= 0.3 is 12.5 Å². The minimum absolute atomic E-state index is 0.236. The Morgan fingerprint density at radius 2 is 1.61 bits per heavy atom. The van der Waals surface area contributed by atoms with Crippen molar-refractivity contribution in [2.45, 2.75) is 11.2 Å². The molecule has 0 saturated heterocycles. The topological polar surface area (TPSA) is 54.5 Å². The average Bonchev–Trinajstić information content (AvgIpc) is 2.13. The molecule has 0 heterocycles. The number of carbonyl (C=O) groups is 1. The van der Waals surface area contributed by atoms with E-state index in [4.69, 9.17) is 0 Å². The van der Waals surface area contributed by atoms with Crippen molar-refractivity contribution in [3.05, 3.63) is 24.3 Å². The quantitative estimate of drug-likeness (QED) is 0.476. The number of sulfone groups is 1. The molecule has 18 heavy (non-hydrogen) atoms. The van der Waals surface area contributed by atoms with Crippen molar-refractivity contribution in [1.29, 1.82) is 0 Å². The Morgan fingerprint density at radius 3 is 1.89 bits per heavy atom. The highest BCUT2D eigenvalue weighted by Gasteiger charge is 2.42. The van der Waals surface area contributed by atoms with E-state index in [2.05, 4.69) is 0 Å². The van der Waals surface area contributed by atoms with Gasteiger partial charge in [-0.15, -0.1) is 17.6 Å². The smallest absolute Gasteiger partial charge is 0.233 e. The van der Waals surface area contributed by atoms with Crippen molar-refractivity contribution in [2.75, 3.05) is 11.2 Å². The second kappa shape index (κ2) is 4.56. The Bertz CT molecular complexity index is 550. The number of carbonyl (C=O) groups excluding carboxylic acids is 1.